The zero-order valence-corrected chi connectivity index (χ0v) is 11.7. The van der Waals surface area contributed by atoms with Crippen molar-refractivity contribution in [3.63, 3.8) is 0 Å². The number of amides is 1. The van der Waals surface area contributed by atoms with Gasteiger partial charge in [0.05, 0.1) is 6.04 Å². The van der Waals surface area contributed by atoms with Gasteiger partial charge in [-0.2, -0.15) is 0 Å². The molecule has 3 rings (SSSR count). The van der Waals surface area contributed by atoms with Crippen LogP contribution in [-0.2, 0) is 4.79 Å². The van der Waals surface area contributed by atoms with Crippen molar-refractivity contribution < 1.29 is 4.79 Å². The molecule has 1 saturated carbocycles. The van der Waals surface area contributed by atoms with Crippen molar-refractivity contribution in [3.8, 4) is 0 Å². The number of imidazole rings is 1. The van der Waals surface area contributed by atoms with Crippen LogP contribution in [0.5, 0.6) is 0 Å². The molecule has 0 bridgehead atoms. The molecule has 0 aromatic carbocycles. The second-order valence-corrected chi connectivity index (χ2v) is 6.05. The maximum absolute atomic E-state index is 12.5. The normalized spacial score (nSPS) is 24.3. The first kappa shape index (κ1) is 12.7. The van der Waals surface area contributed by atoms with Crippen LogP contribution < -0.4 is 0 Å². The molecule has 1 N–H and O–H groups in total. The summed E-state index contributed by atoms with van der Waals surface area (Å²) in [6, 6.07) is 0.183. The number of nitrogens with zero attached hydrogens (tertiary/aromatic N) is 2. The zero-order chi connectivity index (χ0) is 13.2. The van der Waals surface area contributed by atoms with Crippen LogP contribution in [0, 0.1) is 12.8 Å². The fourth-order valence-electron chi connectivity index (χ4n) is 3.53. The molecule has 4 heteroatoms. The van der Waals surface area contributed by atoms with Gasteiger partial charge in [0.1, 0.15) is 5.82 Å². The summed E-state index contributed by atoms with van der Waals surface area (Å²) in [7, 11) is 0. The number of aromatic nitrogens is 2. The third-order valence-electron chi connectivity index (χ3n) is 4.55. The van der Waals surface area contributed by atoms with E-state index in [2.05, 4.69) is 14.9 Å². The Morgan fingerprint density at radius 3 is 2.84 bits per heavy atom. The molecule has 2 fully saturated rings. The van der Waals surface area contributed by atoms with Crippen LogP contribution in [0.25, 0.3) is 0 Å². The molecule has 1 aromatic rings. The SMILES string of the molecule is Cc1cnc([C@@H]2CCCN2C(=O)CC2CCCC2)[nH]1. The number of carbonyl (C=O) groups is 1. The summed E-state index contributed by atoms with van der Waals surface area (Å²) in [4.78, 5) is 22.2. The maximum atomic E-state index is 12.5. The lowest BCUT2D eigenvalue weighted by molar-refractivity contribution is -0.133. The number of nitrogens with one attached hydrogen (secondary N) is 1. The van der Waals surface area contributed by atoms with E-state index in [1.54, 1.807) is 0 Å². The van der Waals surface area contributed by atoms with E-state index in [1.165, 1.54) is 25.7 Å². The van der Waals surface area contributed by atoms with E-state index in [9.17, 15) is 4.79 Å². The Labute approximate surface area is 114 Å². The number of carbonyl (C=O) groups excluding carboxylic acids is 1. The van der Waals surface area contributed by atoms with Gasteiger partial charge in [-0.1, -0.05) is 12.8 Å². The van der Waals surface area contributed by atoms with Gasteiger partial charge < -0.3 is 9.88 Å². The zero-order valence-electron chi connectivity index (χ0n) is 11.7. The molecule has 0 radical (unpaired) electrons. The van der Waals surface area contributed by atoms with Gasteiger partial charge >= 0.3 is 0 Å². The molecule has 1 amide bonds. The van der Waals surface area contributed by atoms with E-state index >= 15 is 0 Å². The average molecular weight is 261 g/mol. The molecule has 0 spiro atoms. The Kier molecular flexibility index (Phi) is 3.58. The fraction of sp³-hybridized carbons (Fsp3) is 0.733. The standard InChI is InChI=1S/C15H23N3O/c1-11-10-16-15(17-11)13-7-4-8-18(13)14(19)9-12-5-2-3-6-12/h10,12-13H,2-9H2,1H3,(H,16,17)/t13-/m0/s1. The topological polar surface area (TPSA) is 49.0 Å². The summed E-state index contributed by atoms with van der Waals surface area (Å²) in [6.45, 7) is 2.91. The number of H-pyrrole nitrogens is 1. The third kappa shape index (κ3) is 2.67. The molecule has 2 heterocycles. The highest BCUT2D eigenvalue weighted by Crippen LogP contribution is 2.33. The van der Waals surface area contributed by atoms with Crippen molar-refractivity contribution in [1.82, 2.24) is 14.9 Å². The molecule has 1 saturated heterocycles. The lowest BCUT2D eigenvalue weighted by Gasteiger charge is -2.24. The van der Waals surface area contributed by atoms with Crippen LogP contribution >= 0.6 is 0 Å². The molecule has 2 aliphatic rings. The van der Waals surface area contributed by atoms with Gasteiger partial charge in [0.15, 0.2) is 0 Å². The van der Waals surface area contributed by atoms with Crippen molar-refractivity contribution >= 4 is 5.91 Å². The molecule has 1 aliphatic heterocycles. The highest BCUT2D eigenvalue weighted by Gasteiger charge is 2.33. The Bertz CT molecular complexity index is 448. The highest BCUT2D eigenvalue weighted by atomic mass is 16.2. The second-order valence-electron chi connectivity index (χ2n) is 6.05. The van der Waals surface area contributed by atoms with Crippen LogP contribution in [0.2, 0.25) is 0 Å². The number of aromatic amines is 1. The fourth-order valence-corrected chi connectivity index (χ4v) is 3.53. The molecule has 104 valence electrons. The van der Waals surface area contributed by atoms with Gasteiger partial charge in [0.25, 0.3) is 0 Å². The number of aryl methyl sites for hydroxylation is 1. The first-order valence-electron chi connectivity index (χ1n) is 7.55. The molecule has 1 atom stereocenters. The summed E-state index contributed by atoms with van der Waals surface area (Å²) < 4.78 is 0. The summed E-state index contributed by atoms with van der Waals surface area (Å²) >= 11 is 0. The minimum atomic E-state index is 0.183. The molecule has 1 aromatic heterocycles. The van der Waals surface area contributed by atoms with Crippen molar-refractivity contribution in [3.05, 3.63) is 17.7 Å². The van der Waals surface area contributed by atoms with Crippen molar-refractivity contribution in [2.75, 3.05) is 6.54 Å². The van der Waals surface area contributed by atoms with Crippen LogP contribution in [0.1, 0.15) is 62.5 Å². The number of rotatable bonds is 3. The minimum absolute atomic E-state index is 0.183. The van der Waals surface area contributed by atoms with Gasteiger partial charge in [-0.15, -0.1) is 0 Å². The van der Waals surface area contributed by atoms with E-state index in [0.29, 0.717) is 11.8 Å². The minimum Gasteiger partial charge on any atom is -0.344 e. The van der Waals surface area contributed by atoms with E-state index in [4.69, 9.17) is 0 Å². The maximum Gasteiger partial charge on any atom is 0.223 e. The molecular formula is C15H23N3O. The summed E-state index contributed by atoms with van der Waals surface area (Å²) in [5, 5.41) is 0. The number of hydrogen-bond donors (Lipinski definition) is 1. The smallest absolute Gasteiger partial charge is 0.223 e. The van der Waals surface area contributed by atoms with Gasteiger partial charge in [-0.3, -0.25) is 4.79 Å². The highest BCUT2D eigenvalue weighted by molar-refractivity contribution is 5.77. The van der Waals surface area contributed by atoms with E-state index in [1.807, 2.05) is 13.1 Å². The number of likely N-dealkylation sites (tertiary alicyclic amines) is 1. The Morgan fingerprint density at radius 2 is 2.16 bits per heavy atom. The summed E-state index contributed by atoms with van der Waals surface area (Å²) in [5.74, 6) is 1.94. The van der Waals surface area contributed by atoms with Crippen LogP contribution in [0.3, 0.4) is 0 Å². The van der Waals surface area contributed by atoms with Crippen molar-refractivity contribution in [1.29, 1.82) is 0 Å². The predicted octanol–water partition coefficient (Wildman–Crippen LogP) is 2.96. The van der Waals surface area contributed by atoms with Gasteiger partial charge in [-0.25, -0.2) is 4.98 Å². The van der Waals surface area contributed by atoms with Gasteiger partial charge in [-0.05, 0) is 38.5 Å². The van der Waals surface area contributed by atoms with E-state index in [-0.39, 0.29) is 6.04 Å². The first-order chi connectivity index (χ1) is 9.24. The van der Waals surface area contributed by atoms with Crippen LogP contribution in [-0.4, -0.2) is 27.3 Å². The molecule has 4 nitrogen and oxygen atoms in total. The Hall–Kier alpha value is -1.32. The Morgan fingerprint density at radius 1 is 1.37 bits per heavy atom. The van der Waals surface area contributed by atoms with Gasteiger partial charge in [0, 0.05) is 24.9 Å². The van der Waals surface area contributed by atoms with Gasteiger partial charge in [0.2, 0.25) is 5.91 Å². The third-order valence-corrected chi connectivity index (χ3v) is 4.55. The summed E-state index contributed by atoms with van der Waals surface area (Å²) in [6.07, 6.45) is 9.83. The lowest BCUT2D eigenvalue weighted by Crippen LogP contribution is -2.32. The molecule has 0 unspecified atom stereocenters. The quantitative estimate of drug-likeness (QED) is 0.909. The monoisotopic (exact) mass is 261 g/mol. The Balaban J connectivity index is 1.66. The van der Waals surface area contributed by atoms with E-state index in [0.717, 1.165) is 37.3 Å². The van der Waals surface area contributed by atoms with E-state index < -0.39 is 0 Å². The van der Waals surface area contributed by atoms with Crippen molar-refractivity contribution in [2.45, 2.75) is 57.9 Å². The molecule has 1 aliphatic carbocycles. The predicted molar refractivity (Wildman–Crippen MR) is 73.6 cm³/mol. The molecule has 19 heavy (non-hydrogen) atoms. The molecular weight excluding hydrogens is 238 g/mol. The second kappa shape index (κ2) is 5.35. The lowest BCUT2D eigenvalue weighted by atomic mass is 10.0. The largest absolute Gasteiger partial charge is 0.344 e. The van der Waals surface area contributed by atoms with Crippen LogP contribution in [0.4, 0.5) is 0 Å². The number of hydrogen-bond acceptors (Lipinski definition) is 2. The van der Waals surface area contributed by atoms with Crippen LogP contribution in [0.15, 0.2) is 6.20 Å². The first-order valence-corrected chi connectivity index (χ1v) is 7.55. The summed E-state index contributed by atoms with van der Waals surface area (Å²) in [5.41, 5.74) is 1.07. The average Bonchev–Trinajstić information content (AvgIpc) is 3.07. The van der Waals surface area contributed by atoms with Crippen molar-refractivity contribution in [2.24, 2.45) is 5.92 Å².